The van der Waals surface area contributed by atoms with E-state index in [1.54, 1.807) is 18.2 Å². The molecule has 0 bridgehead atoms. The van der Waals surface area contributed by atoms with Gasteiger partial charge in [-0.3, -0.25) is 9.59 Å². The number of hydrogen-bond donors (Lipinski definition) is 2. The van der Waals surface area contributed by atoms with Crippen molar-refractivity contribution in [1.82, 2.24) is 15.1 Å². The number of aromatic nitrogens is 2. The Bertz CT molecular complexity index is 784. The van der Waals surface area contributed by atoms with E-state index < -0.39 is 23.5 Å². The molecule has 0 saturated carbocycles. The number of nitrogens with one attached hydrogen (secondary N) is 1. The zero-order valence-electron chi connectivity index (χ0n) is 13.6. The molecule has 0 spiro atoms. The molecule has 128 valence electrons. The van der Waals surface area contributed by atoms with Gasteiger partial charge in [-0.1, -0.05) is 12.1 Å². The highest BCUT2D eigenvalue weighted by molar-refractivity contribution is 5.94. The lowest BCUT2D eigenvalue weighted by Gasteiger charge is -2.14. The fourth-order valence-electron chi connectivity index (χ4n) is 2.08. The molecule has 0 aliphatic heterocycles. The van der Waals surface area contributed by atoms with E-state index >= 15 is 0 Å². The number of ether oxygens (including phenoxy) is 2. The van der Waals surface area contributed by atoms with Gasteiger partial charge in [-0.2, -0.15) is 9.78 Å². The van der Waals surface area contributed by atoms with Crippen LogP contribution in [0.2, 0.25) is 0 Å². The third-order valence-electron chi connectivity index (χ3n) is 3.33. The zero-order chi connectivity index (χ0) is 17.7. The first-order chi connectivity index (χ1) is 11.5. The smallest absolute Gasteiger partial charge is 0.275 e. The summed E-state index contributed by atoms with van der Waals surface area (Å²) in [5.74, 6) is -1.14. The van der Waals surface area contributed by atoms with Crippen molar-refractivity contribution in [1.29, 1.82) is 0 Å². The van der Waals surface area contributed by atoms with Crippen LogP contribution < -0.4 is 10.9 Å². The van der Waals surface area contributed by atoms with Gasteiger partial charge in [0, 0.05) is 20.3 Å². The summed E-state index contributed by atoms with van der Waals surface area (Å²) in [4.78, 5) is 24.3. The highest BCUT2D eigenvalue weighted by Gasteiger charge is 2.18. The van der Waals surface area contributed by atoms with Crippen LogP contribution in [0.1, 0.15) is 16.1 Å². The van der Waals surface area contributed by atoms with Crippen LogP contribution in [0, 0.1) is 6.92 Å². The van der Waals surface area contributed by atoms with Gasteiger partial charge in [-0.25, -0.2) is 0 Å². The minimum Gasteiger partial charge on any atom is -0.505 e. The van der Waals surface area contributed by atoms with Gasteiger partial charge in [0.25, 0.3) is 11.5 Å². The fourth-order valence-corrected chi connectivity index (χ4v) is 2.08. The molecule has 0 saturated heterocycles. The van der Waals surface area contributed by atoms with Crippen molar-refractivity contribution in [3.05, 3.63) is 51.9 Å². The van der Waals surface area contributed by atoms with E-state index in [4.69, 9.17) is 9.47 Å². The number of methoxy groups -OCH3 is 2. The summed E-state index contributed by atoms with van der Waals surface area (Å²) in [7, 11) is 2.88. The van der Waals surface area contributed by atoms with Gasteiger partial charge in [0.05, 0.1) is 12.2 Å². The Balaban J connectivity index is 2.33. The van der Waals surface area contributed by atoms with E-state index in [2.05, 4.69) is 10.4 Å². The van der Waals surface area contributed by atoms with Crippen molar-refractivity contribution in [2.75, 3.05) is 20.8 Å². The van der Waals surface area contributed by atoms with Gasteiger partial charge >= 0.3 is 0 Å². The van der Waals surface area contributed by atoms with Gasteiger partial charge in [0.2, 0.25) is 0 Å². The first-order valence-electron chi connectivity index (χ1n) is 7.20. The third-order valence-corrected chi connectivity index (χ3v) is 3.33. The molecule has 0 aliphatic rings. The minimum atomic E-state index is -0.645. The number of carbonyl (C=O) groups excluding carboxylic acids is 1. The van der Waals surface area contributed by atoms with Crippen molar-refractivity contribution in [2.45, 2.75) is 13.2 Å². The highest BCUT2D eigenvalue weighted by Crippen LogP contribution is 2.13. The molecule has 1 aromatic carbocycles. The second kappa shape index (κ2) is 7.71. The van der Waals surface area contributed by atoms with Crippen LogP contribution in [-0.2, 0) is 9.47 Å². The second-order valence-corrected chi connectivity index (χ2v) is 5.08. The molecule has 2 N–H and O–H groups in total. The van der Waals surface area contributed by atoms with Crippen molar-refractivity contribution < 1.29 is 19.4 Å². The number of rotatable bonds is 6. The predicted molar refractivity (Wildman–Crippen MR) is 86.4 cm³/mol. The number of carbonyl (C=O) groups is 1. The number of aryl methyl sites for hydroxylation is 1. The van der Waals surface area contributed by atoms with Gasteiger partial charge in [0.15, 0.2) is 17.7 Å². The summed E-state index contributed by atoms with van der Waals surface area (Å²) < 4.78 is 11.0. The van der Waals surface area contributed by atoms with E-state index in [0.717, 1.165) is 16.3 Å². The monoisotopic (exact) mass is 333 g/mol. The Morgan fingerprint density at radius 1 is 1.33 bits per heavy atom. The van der Waals surface area contributed by atoms with Crippen LogP contribution in [0.15, 0.2) is 35.1 Å². The lowest BCUT2D eigenvalue weighted by Crippen LogP contribution is -2.35. The Morgan fingerprint density at radius 2 is 2.04 bits per heavy atom. The maximum Gasteiger partial charge on any atom is 0.275 e. The molecule has 8 heteroatoms. The average Bonchev–Trinajstić information content (AvgIpc) is 2.55. The molecular formula is C16H19N3O5. The Labute approximate surface area is 138 Å². The molecule has 1 amide bonds. The first-order valence-corrected chi connectivity index (χ1v) is 7.20. The first kappa shape index (κ1) is 17.6. The summed E-state index contributed by atoms with van der Waals surface area (Å²) in [6, 6.07) is 8.03. The quantitative estimate of drug-likeness (QED) is 0.750. The minimum absolute atomic E-state index is 0.0660. The fraction of sp³-hybridized carbons (Fsp3) is 0.312. The Hall–Kier alpha value is -2.71. The van der Waals surface area contributed by atoms with Crippen LogP contribution in [0.25, 0.3) is 5.69 Å². The van der Waals surface area contributed by atoms with Gasteiger partial charge in [-0.05, 0) is 24.6 Å². The van der Waals surface area contributed by atoms with Crippen LogP contribution in [0.5, 0.6) is 5.75 Å². The lowest BCUT2D eigenvalue weighted by molar-refractivity contribution is -0.0974. The van der Waals surface area contributed by atoms with E-state index in [9.17, 15) is 14.7 Å². The topological polar surface area (TPSA) is 103 Å². The summed E-state index contributed by atoms with van der Waals surface area (Å²) in [6.07, 6.45) is -0.626. The molecule has 1 aromatic heterocycles. The second-order valence-electron chi connectivity index (χ2n) is 5.08. The largest absolute Gasteiger partial charge is 0.505 e. The van der Waals surface area contributed by atoms with E-state index in [-0.39, 0.29) is 12.2 Å². The van der Waals surface area contributed by atoms with Crippen molar-refractivity contribution in [3.8, 4) is 11.4 Å². The van der Waals surface area contributed by atoms with E-state index in [1.807, 2.05) is 13.0 Å². The summed E-state index contributed by atoms with van der Waals surface area (Å²) in [5, 5.41) is 16.4. The maximum absolute atomic E-state index is 12.2. The highest BCUT2D eigenvalue weighted by atomic mass is 16.7. The molecular weight excluding hydrogens is 314 g/mol. The zero-order valence-corrected chi connectivity index (χ0v) is 13.6. The molecule has 0 atom stereocenters. The molecule has 2 aromatic rings. The molecule has 2 rings (SSSR count). The summed E-state index contributed by atoms with van der Waals surface area (Å²) in [6.45, 7) is 1.94. The number of benzene rings is 1. The summed E-state index contributed by atoms with van der Waals surface area (Å²) >= 11 is 0. The van der Waals surface area contributed by atoms with E-state index in [0.29, 0.717) is 5.69 Å². The van der Waals surface area contributed by atoms with Gasteiger partial charge < -0.3 is 19.9 Å². The summed E-state index contributed by atoms with van der Waals surface area (Å²) in [5.41, 5.74) is 0.632. The standard InChI is InChI=1S/C16H19N3O5/c1-10-5-4-6-11(7-10)19-13(21)8-12(20)15(18-19)16(22)17-9-14(23-2)24-3/h4-8,14,20H,9H2,1-3H3,(H,17,22). The van der Waals surface area contributed by atoms with Gasteiger partial charge in [-0.15, -0.1) is 0 Å². The molecule has 24 heavy (non-hydrogen) atoms. The maximum atomic E-state index is 12.2. The van der Waals surface area contributed by atoms with Crippen LogP contribution >= 0.6 is 0 Å². The van der Waals surface area contributed by atoms with Crippen LogP contribution in [0.4, 0.5) is 0 Å². The van der Waals surface area contributed by atoms with E-state index in [1.165, 1.54) is 14.2 Å². The molecule has 0 aliphatic carbocycles. The molecule has 8 nitrogen and oxygen atoms in total. The van der Waals surface area contributed by atoms with Gasteiger partial charge in [0.1, 0.15) is 0 Å². The average molecular weight is 333 g/mol. The molecule has 0 unspecified atom stereocenters. The predicted octanol–water partition coefficient (Wildman–Crippen LogP) is 0.595. The molecule has 0 radical (unpaired) electrons. The Kier molecular flexibility index (Phi) is 5.67. The van der Waals surface area contributed by atoms with Crippen LogP contribution in [-0.4, -0.2) is 47.8 Å². The van der Waals surface area contributed by atoms with Crippen molar-refractivity contribution >= 4 is 5.91 Å². The van der Waals surface area contributed by atoms with Crippen molar-refractivity contribution in [2.24, 2.45) is 0 Å². The lowest BCUT2D eigenvalue weighted by atomic mass is 10.2. The SMILES string of the molecule is COC(CNC(=O)c1nn(-c2cccc(C)c2)c(=O)cc1O)OC. The molecule has 1 heterocycles. The Morgan fingerprint density at radius 3 is 2.67 bits per heavy atom. The number of hydrogen-bond acceptors (Lipinski definition) is 6. The van der Waals surface area contributed by atoms with Crippen molar-refractivity contribution in [3.63, 3.8) is 0 Å². The third kappa shape index (κ3) is 3.98. The number of aromatic hydroxyl groups is 1. The normalized spacial score (nSPS) is 10.8. The number of nitrogens with zero attached hydrogens (tertiary/aromatic N) is 2. The number of amides is 1. The molecule has 0 fully saturated rings. The van der Waals surface area contributed by atoms with Crippen LogP contribution in [0.3, 0.4) is 0 Å².